The van der Waals surface area contributed by atoms with Crippen LogP contribution in [0.5, 0.6) is 0 Å². The summed E-state index contributed by atoms with van der Waals surface area (Å²) in [7, 11) is 0. The highest BCUT2D eigenvalue weighted by Gasteiger charge is 2.32. The lowest BCUT2D eigenvalue weighted by Gasteiger charge is -2.06. The quantitative estimate of drug-likeness (QED) is 0.734. The van der Waals surface area contributed by atoms with Crippen molar-refractivity contribution in [1.82, 2.24) is 24.6 Å². The third-order valence-electron chi connectivity index (χ3n) is 2.66. The number of rotatable bonds is 1. The van der Waals surface area contributed by atoms with E-state index in [1.54, 1.807) is 6.07 Å². The summed E-state index contributed by atoms with van der Waals surface area (Å²) in [5, 5.41) is 7.76. The number of nitrogens with two attached hydrogens (primary N) is 1. The molecule has 6 nitrogen and oxygen atoms in total. The standard InChI is InChI=1S/C11H7F3N6/c12-11(13,14)7-2-1-6(5-17-7)9-19-18-8-3-4-16-10(15)20(8)9/h1-5H,(H2,15,16). The zero-order valence-corrected chi connectivity index (χ0v) is 9.83. The van der Waals surface area contributed by atoms with Crippen molar-refractivity contribution in [2.24, 2.45) is 0 Å². The fourth-order valence-corrected chi connectivity index (χ4v) is 1.75. The Bertz CT molecular complexity index is 762. The molecule has 0 radical (unpaired) electrons. The molecular weight excluding hydrogens is 273 g/mol. The Kier molecular flexibility index (Phi) is 2.56. The lowest BCUT2D eigenvalue weighted by Crippen LogP contribution is -2.07. The Balaban J connectivity index is 2.12. The number of hydrogen-bond acceptors (Lipinski definition) is 5. The molecule has 0 aliphatic heterocycles. The molecule has 0 unspecified atom stereocenters. The number of anilines is 1. The number of nitrogens with zero attached hydrogens (tertiary/aromatic N) is 5. The van der Waals surface area contributed by atoms with Crippen molar-refractivity contribution in [3.05, 3.63) is 36.3 Å². The second-order valence-electron chi connectivity index (χ2n) is 3.95. The molecule has 0 spiro atoms. The molecule has 0 aliphatic carbocycles. The van der Waals surface area contributed by atoms with Crippen LogP contribution >= 0.6 is 0 Å². The third-order valence-corrected chi connectivity index (χ3v) is 2.66. The predicted molar refractivity (Wildman–Crippen MR) is 63.4 cm³/mol. The van der Waals surface area contributed by atoms with E-state index >= 15 is 0 Å². The molecule has 0 aliphatic rings. The Labute approximate surface area is 110 Å². The second kappa shape index (κ2) is 4.15. The molecule has 3 rings (SSSR count). The average molecular weight is 280 g/mol. The van der Waals surface area contributed by atoms with Gasteiger partial charge in [-0.2, -0.15) is 13.2 Å². The van der Waals surface area contributed by atoms with Crippen LogP contribution in [0.4, 0.5) is 19.1 Å². The normalized spacial score (nSPS) is 11.9. The van der Waals surface area contributed by atoms with Gasteiger partial charge in [0.1, 0.15) is 5.69 Å². The summed E-state index contributed by atoms with van der Waals surface area (Å²) in [6, 6.07) is 3.73. The molecule has 102 valence electrons. The molecule has 0 bridgehead atoms. The first kappa shape index (κ1) is 12.3. The number of aromatic nitrogens is 5. The van der Waals surface area contributed by atoms with Gasteiger partial charge in [0, 0.05) is 24.0 Å². The van der Waals surface area contributed by atoms with Crippen molar-refractivity contribution in [1.29, 1.82) is 0 Å². The molecule has 0 fully saturated rings. The average Bonchev–Trinajstić information content (AvgIpc) is 2.83. The zero-order valence-electron chi connectivity index (χ0n) is 9.83. The third kappa shape index (κ3) is 1.92. The van der Waals surface area contributed by atoms with Gasteiger partial charge in [-0.1, -0.05) is 0 Å². The maximum atomic E-state index is 12.5. The molecule has 0 amide bonds. The van der Waals surface area contributed by atoms with Crippen LogP contribution in [0.1, 0.15) is 5.69 Å². The molecule has 0 atom stereocenters. The summed E-state index contributed by atoms with van der Waals surface area (Å²) in [6.45, 7) is 0. The monoisotopic (exact) mass is 280 g/mol. The van der Waals surface area contributed by atoms with Gasteiger partial charge in [-0.3, -0.25) is 4.98 Å². The van der Waals surface area contributed by atoms with Gasteiger partial charge in [-0.05, 0) is 12.1 Å². The van der Waals surface area contributed by atoms with Crippen LogP contribution in [0, 0.1) is 0 Å². The molecular formula is C11H7F3N6. The fourth-order valence-electron chi connectivity index (χ4n) is 1.75. The lowest BCUT2D eigenvalue weighted by molar-refractivity contribution is -0.141. The molecule has 0 saturated heterocycles. The number of alkyl halides is 3. The Morgan fingerprint density at radius 3 is 2.50 bits per heavy atom. The maximum Gasteiger partial charge on any atom is 0.433 e. The Morgan fingerprint density at radius 1 is 1.05 bits per heavy atom. The largest absolute Gasteiger partial charge is 0.433 e. The minimum atomic E-state index is -4.48. The molecule has 3 heterocycles. The van der Waals surface area contributed by atoms with Crippen LogP contribution in [-0.2, 0) is 6.18 Å². The first-order valence-corrected chi connectivity index (χ1v) is 5.46. The van der Waals surface area contributed by atoms with Gasteiger partial charge in [0.05, 0.1) is 0 Å². The number of fused-ring (bicyclic) bond motifs is 1. The summed E-state index contributed by atoms with van der Waals surface area (Å²) < 4.78 is 38.8. The van der Waals surface area contributed by atoms with Crippen molar-refractivity contribution in [2.75, 3.05) is 5.73 Å². The van der Waals surface area contributed by atoms with E-state index in [-0.39, 0.29) is 11.8 Å². The first-order chi connectivity index (χ1) is 9.47. The van der Waals surface area contributed by atoms with Crippen molar-refractivity contribution >= 4 is 11.6 Å². The van der Waals surface area contributed by atoms with Crippen LogP contribution in [-0.4, -0.2) is 24.6 Å². The number of halogens is 3. The van der Waals surface area contributed by atoms with Gasteiger partial charge in [0.25, 0.3) is 0 Å². The number of pyridine rings is 1. The van der Waals surface area contributed by atoms with Gasteiger partial charge in [-0.15, -0.1) is 10.2 Å². The predicted octanol–water partition coefficient (Wildman–Crippen LogP) is 1.79. The van der Waals surface area contributed by atoms with Crippen molar-refractivity contribution in [2.45, 2.75) is 6.18 Å². The molecule has 9 heteroatoms. The van der Waals surface area contributed by atoms with Gasteiger partial charge in [0.2, 0.25) is 5.95 Å². The molecule has 2 N–H and O–H groups in total. The number of nitrogen functional groups attached to an aromatic ring is 1. The van der Waals surface area contributed by atoms with Crippen LogP contribution in [0.3, 0.4) is 0 Å². The highest BCUT2D eigenvalue weighted by molar-refractivity contribution is 5.60. The highest BCUT2D eigenvalue weighted by atomic mass is 19.4. The van der Waals surface area contributed by atoms with E-state index in [1.807, 2.05) is 0 Å². The maximum absolute atomic E-state index is 12.5. The van der Waals surface area contributed by atoms with Crippen LogP contribution in [0.15, 0.2) is 30.6 Å². The highest BCUT2D eigenvalue weighted by Crippen LogP contribution is 2.28. The van der Waals surface area contributed by atoms with Crippen LogP contribution in [0.2, 0.25) is 0 Å². The minimum absolute atomic E-state index is 0.141. The van der Waals surface area contributed by atoms with E-state index in [4.69, 9.17) is 5.73 Å². The summed E-state index contributed by atoms with van der Waals surface area (Å²) in [4.78, 5) is 7.26. The van der Waals surface area contributed by atoms with E-state index in [2.05, 4.69) is 20.2 Å². The van der Waals surface area contributed by atoms with Gasteiger partial charge < -0.3 is 5.73 Å². The van der Waals surface area contributed by atoms with E-state index in [1.165, 1.54) is 16.7 Å². The zero-order chi connectivity index (χ0) is 14.3. The van der Waals surface area contributed by atoms with E-state index < -0.39 is 11.9 Å². The smallest absolute Gasteiger partial charge is 0.369 e. The van der Waals surface area contributed by atoms with E-state index in [9.17, 15) is 13.2 Å². The molecule has 0 saturated carbocycles. The second-order valence-corrected chi connectivity index (χ2v) is 3.95. The van der Waals surface area contributed by atoms with Crippen LogP contribution in [0.25, 0.3) is 17.0 Å². The van der Waals surface area contributed by atoms with E-state index in [0.29, 0.717) is 11.2 Å². The Hall–Kier alpha value is -2.71. The van der Waals surface area contributed by atoms with Gasteiger partial charge in [-0.25, -0.2) is 9.38 Å². The summed E-state index contributed by atoms with van der Waals surface area (Å²) in [5.41, 5.74) is 5.56. The van der Waals surface area contributed by atoms with E-state index in [0.717, 1.165) is 12.3 Å². The number of hydrogen-bond donors (Lipinski definition) is 1. The topological polar surface area (TPSA) is 82.0 Å². The fraction of sp³-hybridized carbons (Fsp3) is 0.0909. The molecule has 3 aromatic heterocycles. The SMILES string of the molecule is Nc1nccc2nnc(-c3ccc(C(F)(F)F)nc3)n12. The van der Waals surface area contributed by atoms with Gasteiger partial charge >= 0.3 is 6.18 Å². The van der Waals surface area contributed by atoms with Crippen molar-refractivity contribution in [3.8, 4) is 11.4 Å². The van der Waals surface area contributed by atoms with Crippen molar-refractivity contribution in [3.63, 3.8) is 0 Å². The summed E-state index contributed by atoms with van der Waals surface area (Å²) in [6.07, 6.45) is -1.94. The summed E-state index contributed by atoms with van der Waals surface area (Å²) in [5.74, 6) is 0.425. The Morgan fingerprint density at radius 2 is 1.85 bits per heavy atom. The molecule has 3 aromatic rings. The van der Waals surface area contributed by atoms with Crippen molar-refractivity contribution < 1.29 is 13.2 Å². The van der Waals surface area contributed by atoms with Gasteiger partial charge in [0.15, 0.2) is 11.5 Å². The lowest BCUT2D eigenvalue weighted by atomic mass is 10.2. The molecule has 20 heavy (non-hydrogen) atoms. The van der Waals surface area contributed by atoms with Crippen LogP contribution < -0.4 is 5.73 Å². The first-order valence-electron chi connectivity index (χ1n) is 5.46. The molecule has 0 aromatic carbocycles. The summed E-state index contributed by atoms with van der Waals surface area (Å²) >= 11 is 0. The minimum Gasteiger partial charge on any atom is -0.369 e.